The molecule has 1 saturated heterocycles. The van der Waals surface area contributed by atoms with E-state index in [4.69, 9.17) is 9.47 Å². The highest BCUT2D eigenvalue weighted by Gasteiger charge is 2.64. The van der Waals surface area contributed by atoms with Crippen LogP contribution in [0.3, 0.4) is 0 Å². The Morgan fingerprint density at radius 1 is 1.14 bits per heavy atom. The van der Waals surface area contributed by atoms with E-state index >= 15 is 0 Å². The van der Waals surface area contributed by atoms with Crippen molar-refractivity contribution in [2.45, 2.75) is 127 Å². The molecule has 3 fully saturated rings. The number of halogens is 3. The van der Waals surface area contributed by atoms with E-state index in [1.807, 2.05) is 19.9 Å². The highest BCUT2D eigenvalue weighted by atomic mass is 32.2. The quantitative estimate of drug-likeness (QED) is 0.271. The molecule has 3 N–H and O–H groups in total. The van der Waals surface area contributed by atoms with Crippen molar-refractivity contribution in [3.8, 4) is 11.6 Å². The van der Waals surface area contributed by atoms with Crippen molar-refractivity contribution in [3.05, 3.63) is 42.6 Å². The lowest BCUT2D eigenvalue weighted by atomic mass is 9.85. The van der Waals surface area contributed by atoms with Crippen LogP contribution >= 0.6 is 0 Å². The minimum atomic E-state index is -5.09. The average molecular weight is 836 g/mol. The van der Waals surface area contributed by atoms with Gasteiger partial charge in [0, 0.05) is 23.9 Å². The van der Waals surface area contributed by atoms with Gasteiger partial charge < -0.3 is 24.8 Å². The van der Waals surface area contributed by atoms with Crippen LogP contribution in [0.1, 0.15) is 86.5 Å². The van der Waals surface area contributed by atoms with Gasteiger partial charge in [0.05, 0.1) is 17.9 Å². The molecule has 2 aliphatic carbocycles. The van der Waals surface area contributed by atoms with Gasteiger partial charge in [-0.15, -0.1) is 0 Å². The zero-order valence-electron chi connectivity index (χ0n) is 33.5. The Kier molecular flexibility index (Phi) is 11.5. The first kappa shape index (κ1) is 43.0. The van der Waals surface area contributed by atoms with Gasteiger partial charge in [-0.25, -0.2) is 18.2 Å². The van der Waals surface area contributed by atoms with Gasteiger partial charge in [-0.05, 0) is 108 Å². The van der Waals surface area contributed by atoms with Crippen molar-refractivity contribution in [1.82, 2.24) is 24.8 Å². The number of nitrogens with zero attached hydrogens (tertiary/aromatic N) is 3. The van der Waals surface area contributed by atoms with Crippen LogP contribution in [0, 0.1) is 17.8 Å². The fourth-order valence-corrected chi connectivity index (χ4v) is 9.53. The number of amides is 4. The van der Waals surface area contributed by atoms with Crippen LogP contribution in [0.25, 0.3) is 10.8 Å². The fraction of sp³-hybridized carbons (Fsp3) is 0.625. The molecule has 4 aliphatic rings. The molecule has 0 bridgehead atoms. The topological polar surface area (TPSA) is 185 Å². The molecule has 2 saturated carbocycles. The minimum absolute atomic E-state index is 0.0549. The molecule has 7 atom stereocenters. The van der Waals surface area contributed by atoms with Gasteiger partial charge in [0.2, 0.25) is 27.7 Å². The van der Waals surface area contributed by atoms with Crippen LogP contribution in [-0.2, 0) is 24.4 Å². The number of ether oxygens (including phenoxy) is 2. The normalized spacial score (nSPS) is 28.9. The van der Waals surface area contributed by atoms with E-state index in [0.29, 0.717) is 62.7 Å². The second kappa shape index (κ2) is 15.5. The lowest BCUT2D eigenvalue weighted by Crippen LogP contribution is -2.66. The predicted octanol–water partition coefficient (Wildman–Crippen LogP) is 5.56. The smallest absolute Gasteiger partial charge is 0.411 e. The summed E-state index contributed by atoms with van der Waals surface area (Å²) in [5.74, 6) is -3.84. The number of rotatable bonds is 9. The largest absolute Gasteiger partial charge is 0.494 e. The Hall–Kier alpha value is -4.61. The summed E-state index contributed by atoms with van der Waals surface area (Å²) in [4.78, 5) is 61.9. The van der Waals surface area contributed by atoms with E-state index in [-0.39, 0.29) is 42.5 Å². The summed E-state index contributed by atoms with van der Waals surface area (Å²) in [6.07, 6.45) is -1.28. The number of pyridine rings is 1. The molecule has 6 rings (SSSR count). The minimum Gasteiger partial charge on any atom is -0.494 e. The molecule has 18 heteroatoms. The maximum absolute atomic E-state index is 15.0. The molecular weight excluding hydrogens is 784 g/mol. The second-order valence-corrected chi connectivity index (χ2v) is 19.2. The highest BCUT2D eigenvalue weighted by Crippen LogP contribution is 2.48. The van der Waals surface area contributed by atoms with Gasteiger partial charge in [0.15, 0.2) is 0 Å². The third kappa shape index (κ3) is 8.17. The maximum atomic E-state index is 15.0. The number of alkyl halides is 3. The van der Waals surface area contributed by atoms with Crippen molar-refractivity contribution in [2.75, 3.05) is 13.2 Å². The molecule has 318 valence electrons. The van der Waals surface area contributed by atoms with Gasteiger partial charge in [-0.1, -0.05) is 26.0 Å². The van der Waals surface area contributed by atoms with Crippen molar-refractivity contribution < 1.29 is 55.3 Å². The SMILES string of the molecule is CCOc1ccc2c(O[C@@H]3C[C@H]4C(=O)N[C@]5(C(=O)NS(=O)(=O)C6(C)CC6)C[C@H]5C=CCC[C@@H](C)C[C@@H](C)[C@H](N(C(=O)O)C(C)(C)C(F)(F)F)C(=O)N4C3)nccc2c1. The Morgan fingerprint density at radius 2 is 1.84 bits per heavy atom. The number of fused-ring (bicyclic) bond motifs is 3. The van der Waals surface area contributed by atoms with Crippen molar-refractivity contribution in [2.24, 2.45) is 17.8 Å². The van der Waals surface area contributed by atoms with Gasteiger partial charge >= 0.3 is 12.3 Å². The number of hydrogen-bond donors (Lipinski definition) is 3. The first-order valence-electron chi connectivity index (χ1n) is 19.7. The summed E-state index contributed by atoms with van der Waals surface area (Å²) in [5.41, 5.74) is -4.74. The summed E-state index contributed by atoms with van der Waals surface area (Å²) in [5, 5.41) is 14.5. The fourth-order valence-electron chi connectivity index (χ4n) is 8.22. The summed E-state index contributed by atoms with van der Waals surface area (Å²) < 4.78 is 83.5. The van der Waals surface area contributed by atoms with Crippen molar-refractivity contribution >= 4 is 44.6 Å². The zero-order chi connectivity index (χ0) is 42.6. The lowest BCUT2D eigenvalue weighted by Gasteiger charge is -2.45. The third-order valence-corrected chi connectivity index (χ3v) is 14.4. The maximum Gasteiger partial charge on any atom is 0.411 e. The lowest BCUT2D eigenvalue weighted by molar-refractivity contribution is -0.222. The van der Waals surface area contributed by atoms with Crippen molar-refractivity contribution in [3.63, 3.8) is 0 Å². The van der Waals surface area contributed by atoms with Gasteiger partial charge in [-0.3, -0.25) is 24.0 Å². The Bertz CT molecular complexity index is 2090. The van der Waals surface area contributed by atoms with Crippen LogP contribution in [0.15, 0.2) is 42.6 Å². The van der Waals surface area contributed by atoms with E-state index in [0.717, 1.165) is 4.90 Å². The van der Waals surface area contributed by atoms with E-state index < -0.39 is 85.9 Å². The molecule has 2 aromatic rings. The van der Waals surface area contributed by atoms with Crippen LogP contribution < -0.4 is 19.5 Å². The molecule has 1 aromatic carbocycles. The van der Waals surface area contributed by atoms with E-state index in [1.165, 1.54) is 20.0 Å². The number of carboxylic acid groups (broad SMARTS) is 1. The second-order valence-electron chi connectivity index (χ2n) is 17.0. The Balaban J connectivity index is 1.41. The monoisotopic (exact) mass is 835 g/mol. The first-order chi connectivity index (χ1) is 27.0. The summed E-state index contributed by atoms with van der Waals surface area (Å²) >= 11 is 0. The number of hydrogen-bond acceptors (Lipinski definition) is 9. The number of nitrogens with one attached hydrogen (secondary N) is 2. The number of allylic oxidation sites excluding steroid dienone is 1. The molecule has 0 unspecified atom stereocenters. The van der Waals surface area contributed by atoms with Crippen LogP contribution in [0.5, 0.6) is 11.6 Å². The first-order valence-corrected chi connectivity index (χ1v) is 21.2. The van der Waals surface area contributed by atoms with E-state index in [2.05, 4.69) is 15.0 Å². The molecule has 58 heavy (non-hydrogen) atoms. The Labute approximate surface area is 335 Å². The number of carbonyl (C=O) groups excluding carboxylic acids is 3. The average Bonchev–Trinajstić information content (AvgIpc) is 4.01. The molecule has 1 aromatic heterocycles. The molecule has 14 nitrogen and oxygen atoms in total. The highest BCUT2D eigenvalue weighted by molar-refractivity contribution is 7.91. The molecule has 4 amide bonds. The summed E-state index contributed by atoms with van der Waals surface area (Å²) in [6, 6.07) is 3.62. The standard InChI is InChI=1S/C40H52F3N5O9S/c1-7-56-27-12-13-29-25(19-27)14-17-44-33(29)57-28-20-30-32(49)45-39(35(51)46-58(54,55)38(6)15-16-38)21-26(39)11-9-8-10-23(2)18-24(3)31(34(50)47(30)22-28)48(36(52)53)37(4,5)40(41,42)43/h9,11-14,17,19,23-24,26,28,30-31H,7-8,10,15-16,18,20-22H2,1-6H3,(H,45,49)(H,46,51)(H,52,53)/t23-,24-,26-,28-,30+,31+,39-/m1/s1. The van der Waals surface area contributed by atoms with Gasteiger partial charge in [0.1, 0.15) is 35.0 Å². The van der Waals surface area contributed by atoms with E-state index in [9.17, 15) is 45.9 Å². The Morgan fingerprint density at radius 3 is 2.48 bits per heavy atom. The predicted molar refractivity (Wildman–Crippen MR) is 206 cm³/mol. The summed E-state index contributed by atoms with van der Waals surface area (Å²) in [7, 11) is -4.12. The molecule has 0 spiro atoms. The van der Waals surface area contributed by atoms with Crippen LogP contribution in [-0.4, -0.2) is 105 Å². The number of carbonyl (C=O) groups is 4. The number of sulfonamides is 1. The van der Waals surface area contributed by atoms with E-state index in [1.54, 1.807) is 30.3 Å². The zero-order valence-corrected chi connectivity index (χ0v) is 34.3. The molecular formula is C40H52F3N5O9S. The number of benzene rings is 1. The van der Waals surface area contributed by atoms with Crippen LogP contribution in [0.4, 0.5) is 18.0 Å². The molecule has 0 radical (unpaired) electrons. The third-order valence-electron chi connectivity index (χ3n) is 12.3. The van der Waals surface area contributed by atoms with Gasteiger partial charge in [0.25, 0.3) is 5.91 Å². The summed E-state index contributed by atoms with van der Waals surface area (Å²) in [6.45, 7) is 8.21. The molecule has 3 heterocycles. The van der Waals surface area contributed by atoms with Gasteiger partial charge in [-0.2, -0.15) is 13.2 Å². The number of aromatic nitrogens is 1. The van der Waals surface area contributed by atoms with Crippen LogP contribution in [0.2, 0.25) is 0 Å². The van der Waals surface area contributed by atoms with Crippen molar-refractivity contribution in [1.29, 1.82) is 0 Å². The molecule has 2 aliphatic heterocycles.